The van der Waals surface area contributed by atoms with E-state index in [9.17, 15) is 14.4 Å². The van der Waals surface area contributed by atoms with Gasteiger partial charge in [-0.05, 0) is 84.7 Å². The van der Waals surface area contributed by atoms with Crippen molar-refractivity contribution in [1.82, 2.24) is 10.2 Å². The maximum atomic E-state index is 13.1. The second-order valence-electron chi connectivity index (χ2n) is 15.9. The molecule has 312 valence electrons. The van der Waals surface area contributed by atoms with E-state index in [1.807, 2.05) is 19.0 Å². The zero-order valence-corrected chi connectivity index (χ0v) is 35.8. The van der Waals surface area contributed by atoms with Crippen molar-refractivity contribution in [1.29, 1.82) is 0 Å². The second-order valence-corrected chi connectivity index (χ2v) is 15.9. The third-order valence-electron chi connectivity index (χ3n) is 10.3. The van der Waals surface area contributed by atoms with E-state index in [2.05, 4.69) is 38.2 Å². The number of hydrogen-bond acceptors (Lipinski definition) is 6. The maximum absolute atomic E-state index is 13.1. The third kappa shape index (κ3) is 35.6. The number of nitrogens with one attached hydrogen (secondary N) is 1. The molecule has 0 spiro atoms. The highest BCUT2D eigenvalue weighted by Gasteiger charge is 2.23. The van der Waals surface area contributed by atoms with Crippen LogP contribution in [0.15, 0.2) is 12.2 Å². The Morgan fingerprint density at radius 1 is 0.566 bits per heavy atom. The quantitative estimate of drug-likeness (QED) is 0.0381. The summed E-state index contributed by atoms with van der Waals surface area (Å²) in [7, 11) is 3.84. The van der Waals surface area contributed by atoms with Crippen LogP contribution in [0.5, 0.6) is 0 Å². The summed E-state index contributed by atoms with van der Waals surface area (Å²) in [6.45, 7) is 8.33. The van der Waals surface area contributed by atoms with Crippen molar-refractivity contribution >= 4 is 17.8 Å². The van der Waals surface area contributed by atoms with Gasteiger partial charge in [0.05, 0.1) is 18.9 Å². The van der Waals surface area contributed by atoms with Crippen molar-refractivity contribution in [3.63, 3.8) is 0 Å². The Kier molecular flexibility index (Phi) is 38.4. The summed E-state index contributed by atoms with van der Waals surface area (Å²) < 4.78 is 11.4. The molecule has 1 amide bonds. The molecule has 0 aromatic heterocycles. The molecule has 0 fully saturated rings. The molecule has 0 aliphatic rings. The standard InChI is InChI=1S/C46H88N2O5/c1-6-9-12-15-17-18-19-20-21-22-23-24-25-26-28-33-39-47-45(50)43(53-44(49)38-40-48(4)5)37-32-29-34-41-52-46(51)42(35-30-14-11-8-3)36-31-27-16-13-10-7-2/h20-21,42-43H,6-19,22-41H2,1-5H3,(H,47,50)/b21-20-. The molecule has 0 aromatic rings. The van der Waals surface area contributed by atoms with E-state index in [4.69, 9.17) is 9.47 Å². The minimum atomic E-state index is -0.772. The summed E-state index contributed by atoms with van der Waals surface area (Å²) in [5.74, 6) is -0.545. The number of rotatable bonds is 40. The Balaban J connectivity index is 4.42. The van der Waals surface area contributed by atoms with Gasteiger partial charge < -0.3 is 19.7 Å². The molecule has 0 aromatic carbocycles. The van der Waals surface area contributed by atoms with E-state index in [1.165, 1.54) is 128 Å². The summed E-state index contributed by atoms with van der Waals surface area (Å²) in [4.78, 5) is 40.5. The zero-order chi connectivity index (χ0) is 39.0. The van der Waals surface area contributed by atoms with Gasteiger partial charge in [0.25, 0.3) is 5.91 Å². The molecule has 1 N–H and O–H groups in total. The highest BCUT2D eigenvalue weighted by atomic mass is 16.5. The highest BCUT2D eigenvalue weighted by molar-refractivity contribution is 5.83. The number of carbonyl (C=O) groups is 3. The van der Waals surface area contributed by atoms with Gasteiger partial charge in [0.1, 0.15) is 0 Å². The number of ether oxygens (including phenoxy) is 2. The van der Waals surface area contributed by atoms with E-state index in [0.29, 0.717) is 26.1 Å². The van der Waals surface area contributed by atoms with Crippen molar-refractivity contribution in [2.75, 3.05) is 33.8 Å². The van der Waals surface area contributed by atoms with Crippen LogP contribution in [0.2, 0.25) is 0 Å². The molecule has 2 atom stereocenters. The Labute approximate surface area is 328 Å². The molecule has 53 heavy (non-hydrogen) atoms. The minimum absolute atomic E-state index is 0.0134. The van der Waals surface area contributed by atoms with Gasteiger partial charge in [-0.1, -0.05) is 155 Å². The van der Waals surface area contributed by atoms with E-state index >= 15 is 0 Å². The molecule has 0 heterocycles. The molecular weight excluding hydrogens is 661 g/mol. The average Bonchev–Trinajstić information content (AvgIpc) is 3.14. The lowest BCUT2D eigenvalue weighted by atomic mass is 9.94. The summed E-state index contributed by atoms with van der Waals surface area (Å²) >= 11 is 0. The van der Waals surface area contributed by atoms with Crippen LogP contribution < -0.4 is 5.32 Å². The van der Waals surface area contributed by atoms with Gasteiger partial charge >= 0.3 is 11.9 Å². The highest BCUT2D eigenvalue weighted by Crippen LogP contribution is 2.21. The van der Waals surface area contributed by atoms with Gasteiger partial charge in [0, 0.05) is 13.1 Å². The molecule has 2 unspecified atom stereocenters. The molecular formula is C46H88N2O5. The van der Waals surface area contributed by atoms with E-state index < -0.39 is 6.10 Å². The van der Waals surface area contributed by atoms with E-state index in [1.54, 1.807) is 0 Å². The summed E-state index contributed by atoms with van der Waals surface area (Å²) in [6.07, 6.45) is 38.5. The lowest BCUT2D eigenvalue weighted by Gasteiger charge is -2.19. The van der Waals surface area contributed by atoms with Gasteiger partial charge in [0.15, 0.2) is 6.10 Å². The number of amides is 1. The first-order chi connectivity index (χ1) is 25.8. The fourth-order valence-corrected chi connectivity index (χ4v) is 6.74. The third-order valence-corrected chi connectivity index (χ3v) is 10.3. The molecule has 0 aliphatic carbocycles. The molecule has 0 saturated heterocycles. The molecule has 0 radical (unpaired) electrons. The molecule has 7 nitrogen and oxygen atoms in total. The van der Waals surface area contributed by atoms with Gasteiger partial charge in [-0.25, -0.2) is 0 Å². The normalized spacial score (nSPS) is 12.7. The Morgan fingerprint density at radius 2 is 1.02 bits per heavy atom. The van der Waals surface area contributed by atoms with E-state index in [-0.39, 0.29) is 30.2 Å². The lowest BCUT2D eigenvalue weighted by Crippen LogP contribution is -2.38. The Hall–Kier alpha value is -1.89. The van der Waals surface area contributed by atoms with Crippen LogP contribution in [0, 0.1) is 5.92 Å². The van der Waals surface area contributed by atoms with Gasteiger partial charge in [-0.15, -0.1) is 0 Å². The number of hydrogen-bond donors (Lipinski definition) is 1. The van der Waals surface area contributed by atoms with E-state index in [0.717, 1.165) is 57.8 Å². The summed E-state index contributed by atoms with van der Waals surface area (Å²) in [5.41, 5.74) is 0. The molecule has 0 bridgehead atoms. The number of unbranched alkanes of at least 4 members (excludes halogenated alkanes) is 22. The monoisotopic (exact) mass is 749 g/mol. The first kappa shape index (κ1) is 51.1. The lowest BCUT2D eigenvalue weighted by molar-refractivity contribution is -0.156. The van der Waals surface area contributed by atoms with Crippen molar-refractivity contribution in [2.24, 2.45) is 5.92 Å². The topological polar surface area (TPSA) is 84.9 Å². The fourth-order valence-electron chi connectivity index (χ4n) is 6.74. The van der Waals surface area contributed by atoms with Gasteiger partial charge in [-0.3, -0.25) is 14.4 Å². The Bertz CT molecular complexity index is 861. The first-order valence-electron chi connectivity index (χ1n) is 22.8. The molecule has 0 aliphatic heterocycles. The van der Waals surface area contributed by atoms with Crippen LogP contribution in [-0.2, 0) is 23.9 Å². The van der Waals surface area contributed by atoms with Crippen LogP contribution in [0.25, 0.3) is 0 Å². The Morgan fingerprint density at radius 3 is 1.57 bits per heavy atom. The van der Waals surface area contributed by atoms with Crippen molar-refractivity contribution in [3.8, 4) is 0 Å². The van der Waals surface area contributed by atoms with Crippen LogP contribution >= 0.6 is 0 Å². The van der Waals surface area contributed by atoms with Crippen LogP contribution in [0.3, 0.4) is 0 Å². The zero-order valence-electron chi connectivity index (χ0n) is 35.8. The number of esters is 2. The van der Waals surface area contributed by atoms with Gasteiger partial charge in [-0.2, -0.15) is 0 Å². The minimum Gasteiger partial charge on any atom is -0.465 e. The number of allylic oxidation sites excluding steroid dienone is 2. The van der Waals surface area contributed by atoms with Crippen LogP contribution in [0.4, 0.5) is 0 Å². The van der Waals surface area contributed by atoms with Crippen molar-refractivity contribution in [2.45, 2.75) is 226 Å². The SMILES string of the molecule is CCCCCCCC/C=C\CCCCCCCCNC(=O)C(CCCCCOC(=O)C(CCCCCC)CCCCCCCC)OC(=O)CCN(C)C. The summed E-state index contributed by atoms with van der Waals surface area (Å²) in [6, 6.07) is 0. The first-order valence-corrected chi connectivity index (χ1v) is 22.8. The predicted octanol–water partition coefficient (Wildman–Crippen LogP) is 12.4. The molecule has 7 heteroatoms. The number of carbonyl (C=O) groups excluding carboxylic acids is 3. The largest absolute Gasteiger partial charge is 0.465 e. The maximum Gasteiger partial charge on any atom is 0.308 e. The smallest absolute Gasteiger partial charge is 0.308 e. The fraction of sp³-hybridized carbons (Fsp3) is 0.891. The van der Waals surface area contributed by atoms with Gasteiger partial charge in [0.2, 0.25) is 0 Å². The van der Waals surface area contributed by atoms with Crippen molar-refractivity contribution < 1.29 is 23.9 Å². The number of nitrogens with zero attached hydrogens (tertiary/aromatic N) is 1. The second kappa shape index (κ2) is 39.8. The van der Waals surface area contributed by atoms with Crippen molar-refractivity contribution in [3.05, 3.63) is 12.2 Å². The average molecular weight is 749 g/mol. The predicted molar refractivity (Wildman–Crippen MR) is 225 cm³/mol. The summed E-state index contributed by atoms with van der Waals surface area (Å²) in [5, 5.41) is 3.03. The molecule has 0 rings (SSSR count). The molecule has 0 saturated carbocycles. The van der Waals surface area contributed by atoms with Crippen LogP contribution in [-0.4, -0.2) is 62.6 Å². The van der Waals surface area contributed by atoms with Crippen LogP contribution in [0.1, 0.15) is 220 Å².